The zero-order chi connectivity index (χ0) is 17.8. The van der Waals surface area contributed by atoms with Crippen molar-refractivity contribution in [2.45, 2.75) is 30.6 Å². The van der Waals surface area contributed by atoms with Crippen LogP contribution < -0.4 is 4.90 Å². The number of nitrogens with zero attached hydrogens (tertiary/aromatic N) is 4. The standard InChI is InChI=1S/C18H22ClFN4S/c1-23(12-14-15(19)4-3-5-16(14)20)13-7-10-24(11-8-13)17-6-9-21-18(22-17)25-2/h3-6,9,13H,7-8,10-12H2,1-2H3. The van der Waals surface area contributed by atoms with Gasteiger partial charge < -0.3 is 4.90 Å². The fourth-order valence-electron chi connectivity index (χ4n) is 3.20. The van der Waals surface area contributed by atoms with Crippen LogP contribution in [0.1, 0.15) is 18.4 Å². The Morgan fingerprint density at radius 2 is 2.08 bits per heavy atom. The highest BCUT2D eigenvalue weighted by atomic mass is 35.5. The predicted molar refractivity (Wildman–Crippen MR) is 102 cm³/mol. The lowest BCUT2D eigenvalue weighted by molar-refractivity contribution is 0.198. The fourth-order valence-corrected chi connectivity index (χ4v) is 3.78. The van der Waals surface area contributed by atoms with E-state index in [1.165, 1.54) is 6.07 Å². The molecular weight excluding hydrogens is 359 g/mol. The molecule has 2 aromatic rings. The van der Waals surface area contributed by atoms with Gasteiger partial charge in [-0.05, 0) is 44.3 Å². The molecule has 7 heteroatoms. The van der Waals surface area contributed by atoms with Crippen molar-refractivity contribution in [2.75, 3.05) is 31.3 Å². The molecule has 1 aromatic heterocycles. The van der Waals surface area contributed by atoms with Gasteiger partial charge in [-0.15, -0.1) is 0 Å². The minimum Gasteiger partial charge on any atom is -0.356 e. The third-order valence-corrected chi connectivity index (χ3v) is 5.60. The van der Waals surface area contributed by atoms with E-state index < -0.39 is 0 Å². The van der Waals surface area contributed by atoms with Gasteiger partial charge in [0.2, 0.25) is 0 Å². The van der Waals surface area contributed by atoms with E-state index in [2.05, 4.69) is 19.8 Å². The monoisotopic (exact) mass is 380 g/mol. The second-order valence-electron chi connectivity index (χ2n) is 6.24. The zero-order valence-corrected chi connectivity index (χ0v) is 16.0. The number of rotatable bonds is 5. The van der Waals surface area contributed by atoms with Crippen LogP contribution in [0.15, 0.2) is 35.6 Å². The van der Waals surface area contributed by atoms with Gasteiger partial charge in [-0.1, -0.05) is 29.4 Å². The molecule has 0 amide bonds. The first kappa shape index (κ1) is 18.4. The maximum Gasteiger partial charge on any atom is 0.189 e. The second-order valence-corrected chi connectivity index (χ2v) is 7.42. The van der Waals surface area contributed by atoms with Crippen molar-refractivity contribution in [3.8, 4) is 0 Å². The second kappa shape index (κ2) is 8.34. The molecule has 1 fully saturated rings. The van der Waals surface area contributed by atoms with Crippen LogP contribution in [-0.2, 0) is 6.54 Å². The smallest absolute Gasteiger partial charge is 0.189 e. The summed E-state index contributed by atoms with van der Waals surface area (Å²) in [5.74, 6) is 0.750. The van der Waals surface area contributed by atoms with E-state index in [1.807, 2.05) is 25.6 Å². The normalized spacial score (nSPS) is 15.8. The number of hydrogen-bond donors (Lipinski definition) is 0. The number of hydrogen-bond acceptors (Lipinski definition) is 5. The summed E-state index contributed by atoms with van der Waals surface area (Å²) in [6.07, 6.45) is 5.82. The highest BCUT2D eigenvalue weighted by Crippen LogP contribution is 2.25. The first-order valence-corrected chi connectivity index (χ1v) is 9.94. The van der Waals surface area contributed by atoms with Crippen LogP contribution in [-0.4, -0.2) is 47.3 Å². The highest BCUT2D eigenvalue weighted by Gasteiger charge is 2.24. The maximum atomic E-state index is 14.0. The summed E-state index contributed by atoms with van der Waals surface area (Å²) < 4.78 is 14.0. The number of piperidine rings is 1. The Balaban J connectivity index is 1.60. The van der Waals surface area contributed by atoms with E-state index in [9.17, 15) is 4.39 Å². The van der Waals surface area contributed by atoms with Crippen molar-refractivity contribution in [2.24, 2.45) is 0 Å². The minimum atomic E-state index is -0.234. The molecule has 0 N–H and O–H groups in total. The maximum absolute atomic E-state index is 14.0. The van der Waals surface area contributed by atoms with E-state index in [-0.39, 0.29) is 5.82 Å². The lowest BCUT2D eigenvalue weighted by Crippen LogP contribution is -2.43. The molecule has 2 heterocycles. The average molecular weight is 381 g/mol. The fraction of sp³-hybridized carbons (Fsp3) is 0.444. The summed E-state index contributed by atoms with van der Waals surface area (Å²) in [5.41, 5.74) is 0.578. The van der Waals surface area contributed by atoms with Gasteiger partial charge in [-0.2, -0.15) is 0 Å². The van der Waals surface area contributed by atoms with Crippen molar-refractivity contribution in [1.29, 1.82) is 0 Å². The van der Waals surface area contributed by atoms with Crippen molar-refractivity contribution < 1.29 is 4.39 Å². The molecule has 3 rings (SSSR count). The lowest BCUT2D eigenvalue weighted by atomic mass is 10.0. The largest absolute Gasteiger partial charge is 0.356 e. The quantitative estimate of drug-likeness (QED) is 0.576. The highest BCUT2D eigenvalue weighted by molar-refractivity contribution is 7.98. The molecule has 1 aromatic carbocycles. The van der Waals surface area contributed by atoms with Gasteiger partial charge in [0, 0.05) is 42.5 Å². The Hall–Kier alpha value is -1.37. The number of halogens is 2. The molecule has 25 heavy (non-hydrogen) atoms. The third-order valence-electron chi connectivity index (χ3n) is 4.68. The predicted octanol–water partition coefficient (Wildman–Crippen LogP) is 4.09. The summed E-state index contributed by atoms with van der Waals surface area (Å²) >= 11 is 7.70. The van der Waals surface area contributed by atoms with Gasteiger partial charge in [0.1, 0.15) is 11.6 Å². The van der Waals surface area contributed by atoms with Crippen molar-refractivity contribution in [1.82, 2.24) is 14.9 Å². The van der Waals surface area contributed by atoms with E-state index in [1.54, 1.807) is 23.9 Å². The van der Waals surface area contributed by atoms with Crippen LogP contribution in [0.3, 0.4) is 0 Å². The molecular formula is C18H22ClFN4S. The van der Waals surface area contributed by atoms with Gasteiger partial charge in [0.05, 0.1) is 0 Å². The summed E-state index contributed by atoms with van der Waals surface area (Å²) in [7, 11) is 2.04. The van der Waals surface area contributed by atoms with Gasteiger partial charge in [0.25, 0.3) is 0 Å². The van der Waals surface area contributed by atoms with Gasteiger partial charge in [0.15, 0.2) is 5.16 Å². The van der Waals surface area contributed by atoms with Gasteiger partial charge in [-0.3, -0.25) is 4.90 Å². The molecule has 0 spiro atoms. The zero-order valence-electron chi connectivity index (χ0n) is 14.5. The SMILES string of the molecule is CSc1nccc(N2CCC(N(C)Cc3c(F)cccc3Cl)CC2)n1. The minimum absolute atomic E-state index is 0.234. The van der Waals surface area contributed by atoms with Crippen LogP contribution in [0, 0.1) is 5.82 Å². The lowest BCUT2D eigenvalue weighted by Gasteiger charge is -2.37. The molecule has 1 aliphatic heterocycles. The molecule has 0 aliphatic carbocycles. The molecule has 0 unspecified atom stereocenters. The van der Waals surface area contributed by atoms with Crippen molar-refractivity contribution in [3.63, 3.8) is 0 Å². The number of thioether (sulfide) groups is 1. The topological polar surface area (TPSA) is 32.3 Å². The molecule has 0 bridgehead atoms. The number of aromatic nitrogens is 2. The Kier molecular flexibility index (Phi) is 6.15. The Morgan fingerprint density at radius 3 is 2.76 bits per heavy atom. The van der Waals surface area contributed by atoms with Crippen molar-refractivity contribution >= 4 is 29.2 Å². The summed E-state index contributed by atoms with van der Waals surface area (Å²) in [6, 6.07) is 7.23. The first-order chi connectivity index (χ1) is 12.1. The van der Waals surface area contributed by atoms with Crippen molar-refractivity contribution in [3.05, 3.63) is 46.9 Å². The molecule has 1 aliphatic rings. The average Bonchev–Trinajstić information content (AvgIpc) is 2.65. The van der Waals surface area contributed by atoms with Crippen LogP contribution in [0.2, 0.25) is 5.02 Å². The first-order valence-electron chi connectivity index (χ1n) is 8.33. The van der Waals surface area contributed by atoms with E-state index >= 15 is 0 Å². The molecule has 0 saturated carbocycles. The van der Waals surface area contributed by atoms with Crippen LogP contribution in [0.25, 0.3) is 0 Å². The molecule has 134 valence electrons. The molecule has 1 saturated heterocycles. The van der Waals surface area contributed by atoms with Crippen LogP contribution in [0.5, 0.6) is 0 Å². The third kappa shape index (κ3) is 4.43. The molecule has 4 nitrogen and oxygen atoms in total. The van der Waals surface area contributed by atoms with E-state index in [0.29, 0.717) is 23.2 Å². The summed E-state index contributed by atoms with van der Waals surface area (Å²) in [4.78, 5) is 13.3. The van der Waals surface area contributed by atoms with Gasteiger partial charge >= 0.3 is 0 Å². The molecule has 0 atom stereocenters. The van der Waals surface area contributed by atoms with Crippen LogP contribution >= 0.6 is 23.4 Å². The Bertz CT molecular complexity index is 702. The molecule has 0 radical (unpaired) electrons. The number of benzene rings is 1. The summed E-state index contributed by atoms with van der Waals surface area (Å²) in [6.45, 7) is 2.40. The van der Waals surface area contributed by atoms with Gasteiger partial charge in [-0.25, -0.2) is 14.4 Å². The van der Waals surface area contributed by atoms with Crippen LogP contribution in [0.4, 0.5) is 10.2 Å². The van der Waals surface area contributed by atoms with E-state index in [0.717, 1.165) is 36.9 Å². The Morgan fingerprint density at radius 1 is 1.32 bits per heavy atom. The summed E-state index contributed by atoms with van der Waals surface area (Å²) in [5, 5.41) is 1.29. The van der Waals surface area contributed by atoms with E-state index in [4.69, 9.17) is 11.6 Å². The number of anilines is 1. The Labute approximate surface area is 157 Å².